The van der Waals surface area contributed by atoms with Crippen LogP contribution in [0.1, 0.15) is 12.5 Å². The highest BCUT2D eigenvalue weighted by molar-refractivity contribution is 5.97. The molecule has 2 aromatic carbocycles. The summed E-state index contributed by atoms with van der Waals surface area (Å²) in [5.41, 5.74) is 2.09. The molecule has 3 N–H and O–H groups in total. The Kier molecular flexibility index (Phi) is 6.03. The number of hydrogen-bond acceptors (Lipinski definition) is 5. The van der Waals surface area contributed by atoms with E-state index >= 15 is 0 Å². The van der Waals surface area contributed by atoms with Crippen molar-refractivity contribution in [2.24, 2.45) is 0 Å². The maximum atomic E-state index is 12.4. The summed E-state index contributed by atoms with van der Waals surface area (Å²) in [5.74, 6) is 0.969. The predicted molar refractivity (Wildman–Crippen MR) is 93.6 cm³/mol. The van der Waals surface area contributed by atoms with Gasteiger partial charge in [-0.15, -0.1) is 0 Å². The Bertz CT molecular complexity index is 703. The summed E-state index contributed by atoms with van der Waals surface area (Å²) in [6, 6.07) is 12.0. The molecule has 0 aliphatic heterocycles. The highest BCUT2D eigenvalue weighted by atomic mass is 16.5. The lowest BCUT2D eigenvalue weighted by molar-refractivity contribution is -0.116. The van der Waals surface area contributed by atoms with E-state index in [-0.39, 0.29) is 12.5 Å². The lowest BCUT2D eigenvalue weighted by atomic mass is 10.2. The monoisotopic (exact) mass is 330 g/mol. The van der Waals surface area contributed by atoms with E-state index in [1.54, 1.807) is 45.4 Å². The Morgan fingerprint density at radius 2 is 1.96 bits per heavy atom. The molecule has 0 fully saturated rings. The fourth-order valence-electron chi connectivity index (χ4n) is 2.23. The third kappa shape index (κ3) is 4.39. The molecule has 0 saturated carbocycles. The first-order chi connectivity index (χ1) is 11.6. The number of nitrogens with one attached hydrogen (secondary N) is 2. The summed E-state index contributed by atoms with van der Waals surface area (Å²) in [7, 11) is 3.10. The van der Waals surface area contributed by atoms with Gasteiger partial charge in [-0.2, -0.15) is 0 Å². The van der Waals surface area contributed by atoms with Gasteiger partial charge in [0.15, 0.2) is 0 Å². The second-order valence-corrected chi connectivity index (χ2v) is 5.28. The Hall–Kier alpha value is -2.73. The van der Waals surface area contributed by atoms with Crippen LogP contribution in [0, 0.1) is 0 Å². The summed E-state index contributed by atoms with van der Waals surface area (Å²) in [6.45, 7) is 1.71. The molecule has 1 atom stereocenters. The van der Waals surface area contributed by atoms with Crippen LogP contribution in [0.4, 0.5) is 11.4 Å². The molecule has 2 rings (SSSR count). The zero-order valence-electron chi connectivity index (χ0n) is 14.0. The van der Waals surface area contributed by atoms with Crippen LogP contribution in [0.5, 0.6) is 11.5 Å². The van der Waals surface area contributed by atoms with Crippen molar-refractivity contribution in [2.75, 3.05) is 24.9 Å². The van der Waals surface area contributed by atoms with Crippen molar-refractivity contribution in [3.63, 3.8) is 0 Å². The maximum absolute atomic E-state index is 12.4. The molecule has 0 radical (unpaired) electrons. The molecule has 2 aromatic rings. The van der Waals surface area contributed by atoms with Crippen LogP contribution in [0.3, 0.4) is 0 Å². The summed E-state index contributed by atoms with van der Waals surface area (Å²) in [6.07, 6.45) is 0. The first-order valence-corrected chi connectivity index (χ1v) is 7.56. The third-order valence-corrected chi connectivity index (χ3v) is 3.55. The standard InChI is InChI=1S/C18H22N2O4/c1-12(19-14-6-4-5-13(9-14)11-21)18(22)20-16-10-15(23-2)7-8-17(16)24-3/h4-10,12,19,21H,11H2,1-3H3,(H,20,22). The predicted octanol–water partition coefficient (Wildman–Crippen LogP) is 2.64. The van der Waals surface area contributed by atoms with Gasteiger partial charge in [-0.05, 0) is 36.8 Å². The van der Waals surface area contributed by atoms with E-state index < -0.39 is 6.04 Å². The van der Waals surface area contributed by atoms with Crippen LogP contribution >= 0.6 is 0 Å². The molecule has 0 aliphatic carbocycles. The average molecular weight is 330 g/mol. The molecular weight excluding hydrogens is 308 g/mol. The normalized spacial score (nSPS) is 11.5. The summed E-state index contributed by atoms with van der Waals surface area (Å²) in [5, 5.41) is 15.1. The van der Waals surface area contributed by atoms with Gasteiger partial charge < -0.3 is 25.2 Å². The molecule has 0 aliphatic rings. The summed E-state index contributed by atoms with van der Waals surface area (Å²) in [4.78, 5) is 12.4. The Labute approximate surface area is 141 Å². The van der Waals surface area contributed by atoms with Crippen molar-refractivity contribution in [3.8, 4) is 11.5 Å². The van der Waals surface area contributed by atoms with Gasteiger partial charge in [-0.3, -0.25) is 4.79 Å². The van der Waals surface area contributed by atoms with Crippen LogP contribution in [0.15, 0.2) is 42.5 Å². The number of carbonyl (C=O) groups excluding carboxylic acids is 1. The van der Waals surface area contributed by atoms with Crippen LogP contribution in [0.25, 0.3) is 0 Å². The molecule has 1 amide bonds. The Morgan fingerprint density at radius 1 is 1.17 bits per heavy atom. The summed E-state index contributed by atoms with van der Waals surface area (Å²) < 4.78 is 10.4. The first kappa shape index (κ1) is 17.6. The van der Waals surface area contributed by atoms with Gasteiger partial charge in [-0.1, -0.05) is 12.1 Å². The van der Waals surface area contributed by atoms with Gasteiger partial charge in [-0.25, -0.2) is 0 Å². The van der Waals surface area contributed by atoms with E-state index in [1.807, 2.05) is 18.2 Å². The van der Waals surface area contributed by atoms with Crippen LogP contribution in [-0.2, 0) is 11.4 Å². The van der Waals surface area contributed by atoms with E-state index in [4.69, 9.17) is 9.47 Å². The molecule has 6 heteroatoms. The zero-order valence-corrected chi connectivity index (χ0v) is 14.0. The molecule has 0 saturated heterocycles. The zero-order chi connectivity index (χ0) is 17.5. The van der Waals surface area contributed by atoms with Crippen LogP contribution in [0.2, 0.25) is 0 Å². The largest absolute Gasteiger partial charge is 0.497 e. The van der Waals surface area contributed by atoms with Gasteiger partial charge in [0.1, 0.15) is 17.5 Å². The quantitative estimate of drug-likeness (QED) is 0.727. The number of carbonyl (C=O) groups is 1. The second kappa shape index (κ2) is 8.21. The molecule has 24 heavy (non-hydrogen) atoms. The number of aliphatic hydroxyl groups excluding tert-OH is 1. The number of rotatable bonds is 7. The number of anilines is 2. The molecule has 0 heterocycles. The van der Waals surface area contributed by atoms with Crippen molar-refractivity contribution in [1.29, 1.82) is 0 Å². The number of benzene rings is 2. The minimum absolute atomic E-state index is 0.0445. The topological polar surface area (TPSA) is 79.8 Å². The van der Waals surface area contributed by atoms with Gasteiger partial charge in [0.25, 0.3) is 0 Å². The van der Waals surface area contributed by atoms with Crippen molar-refractivity contribution in [1.82, 2.24) is 0 Å². The van der Waals surface area contributed by atoms with Crippen LogP contribution in [-0.4, -0.2) is 31.3 Å². The maximum Gasteiger partial charge on any atom is 0.246 e. The lowest BCUT2D eigenvalue weighted by Crippen LogP contribution is -2.32. The highest BCUT2D eigenvalue weighted by Gasteiger charge is 2.15. The molecule has 1 unspecified atom stereocenters. The molecular formula is C18H22N2O4. The van der Waals surface area contributed by atoms with Crippen molar-refractivity contribution in [2.45, 2.75) is 19.6 Å². The SMILES string of the molecule is COc1ccc(OC)c(NC(=O)C(C)Nc2cccc(CO)c2)c1. The highest BCUT2D eigenvalue weighted by Crippen LogP contribution is 2.29. The Morgan fingerprint density at radius 3 is 2.62 bits per heavy atom. The smallest absolute Gasteiger partial charge is 0.246 e. The number of amides is 1. The third-order valence-electron chi connectivity index (χ3n) is 3.55. The molecule has 128 valence electrons. The van der Waals surface area contributed by atoms with E-state index in [0.29, 0.717) is 17.2 Å². The summed E-state index contributed by atoms with van der Waals surface area (Å²) >= 11 is 0. The van der Waals surface area contributed by atoms with Crippen molar-refractivity contribution < 1.29 is 19.4 Å². The van der Waals surface area contributed by atoms with E-state index in [0.717, 1.165) is 11.3 Å². The second-order valence-electron chi connectivity index (χ2n) is 5.28. The van der Waals surface area contributed by atoms with E-state index in [9.17, 15) is 9.90 Å². The molecule has 0 aromatic heterocycles. The lowest BCUT2D eigenvalue weighted by Gasteiger charge is -2.17. The van der Waals surface area contributed by atoms with Gasteiger partial charge in [0.2, 0.25) is 5.91 Å². The molecule has 0 bridgehead atoms. The van der Waals surface area contributed by atoms with E-state index in [2.05, 4.69) is 10.6 Å². The van der Waals surface area contributed by atoms with Crippen molar-refractivity contribution in [3.05, 3.63) is 48.0 Å². The Balaban J connectivity index is 2.08. The number of hydrogen-bond donors (Lipinski definition) is 3. The van der Waals surface area contributed by atoms with Crippen molar-refractivity contribution >= 4 is 17.3 Å². The van der Waals surface area contributed by atoms with E-state index in [1.165, 1.54) is 0 Å². The number of aliphatic hydroxyl groups is 1. The van der Waals surface area contributed by atoms with Gasteiger partial charge in [0.05, 0.1) is 26.5 Å². The number of methoxy groups -OCH3 is 2. The fraction of sp³-hybridized carbons (Fsp3) is 0.278. The first-order valence-electron chi connectivity index (χ1n) is 7.56. The fourth-order valence-corrected chi connectivity index (χ4v) is 2.23. The molecule has 0 spiro atoms. The minimum Gasteiger partial charge on any atom is -0.497 e. The minimum atomic E-state index is -0.477. The molecule has 6 nitrogen and oxygen atoms in total. The number of ether oxygens (including phenoxy) is 2. The average Bonchev–Trinajstić information content (AvgIpc) is 2.61. The van der Waals surface area contributed by atoms with Crippen LogP contribution < -0.4 is 20.1 Å². The van der Waals surface area contributed by atoms with Gasteiger partial charge >= 0.3 is 0 Å². The van der Waals surface area contributed by atoms with Gasteiger partial charge in [0, 0.05) is 11.8 Å².